The summed E-state index contributed by atoms with van der Waals surface area (Å²) >= 11 is 0. The predicted octanol–water partition coefficient (Wildman–Crippen LogP) is 6.17. The van der Waals surface area contributed by atoms with Crippen LogP contribution in [0, 0.1) is 19.8 Å². The van der Waals surface area contributed by atoms with Crippen molar-refractivity contribution in [2.45, 2.75) is 57.1 Å². The van der Waals surface area contributed by atoms with Crippen molar-refractivity contribution < 1.29 is 13.2 Å². The molecule has 2 aliphatic heterocycles. The normalized spacial score (nSPS) is 20.6. The van der Waals surface area contributed by atoms with Crippen molar-refractivity contribution in [1.29, 1.82) is 0 Å². The van der Waals surface area contributed by atoms with E-state index in [-0.39, 0.29) is 16.9 Å². The van der Waals surface area contributed by atoms with Gasteiger partial charge in [0.15, 0.2) is 0 Å². The number of likely N-dealkylation sites (tertiary alicyclic amines) is 1. The van der Waals surface area contributed by atoms with E-state index in [4.69, 9.17) is 4.74 Å². The zero-order valence-corrected chi connectivity index (χ0v) is 24.4. The lowest BCUT2D eigenvalue weighted by atomic mass is 9.88. The van der Waals surface area contributed by atoms with Crippen LogP contribution in [-0.4, -0.2) is 42.5 Å². The summed E-state index contributed by atoms with van der Waals surface area (Å²) in [6.07, 6.45) is 3.67. The van der Waals surface area contributed by atoms with E-state index in [0.29, 0.717) is 17.5 Å². The van der Waals surface area contributed by atoms with E-state index in [2.05, 4.69) is 43.9 Å². The summed E-state index contributed by atoms with van der Waals surface area (Å²) in [4.78, 5) is 11.9. The highest BCUT2D eigenvalue weighted by Gasteiger charge is 2.27. The molecule has 8 heteroatoms. The molecule has 3 aromatic carbocycles. The highest BCUT2D eigenvalue weighted by atomic mass is 32.2. The number of nitrogens with one attached hydrogen (secondary N) is 1. The van der Waals surface area contributed by atoms with E-state index in [1.807, 2.05) is 56.3 Å². The van der Waals surface area contributed by atoms with Gasteiger partial charge in [0.05, 0.1) is 10.6 Å². The molecule has 1 aromatic heterocycles. The second kappa shape index (κ2) is 11.6. The zero-order chi connectivity index (χ0) is 28.4. The van der Waals surface area contributed by atoms with Crippen LogP contribution >= 0.6 is 0 Å². The van der Waals surface area contributed by atoms with Crippen LogP contribution < -0.4 is 9.46 Å². The quantitative estimate of drug-likeness (QED) is 0.318. The molecule has 6 bridgehead atoms. The molecule has 2 atom stereocenters. The minimum Gasteiger partial charge on any atom is -0.473 e. The summed E-state index contributed by atoms with van der Waals surface area (Å²) in [7, 11) is -3.90. The molecule has 0 aliphatic carbocycles. The SMILES string of the molecule is Cc1cccc(C)c1-c1cc2nc(n1)NS(=O)(=O)c1cccc(c1)CC1CCCN(Cc3ccccc3)CC(C1)O2. The molecule has 1 N–H and O–H groups in total. The third-order valence-corrected chi connectivity index (χ3v) is 9.41. The number of hydrogen-bond donors (Lipinski definition) is 1. The van der Waals surface area contributed by atoms with E-state index in [9.17, 15) is 8.42 Å². The van der Waals surface area contributed by atoms with E-state index in [1.165, 1.54) is 5.56 Å². The van der Waals surface area contributed by atoms with Crippen molar-refractivity contribution in [2.75, 3.05) is 17.8 Å². The first-order valence-corrected chi connectivity index (χ1v) is 15.8. The molecule has 1 saturated heterocycles. The molecule has 0 amide bonds. The molecule has 0 radical (unpaired) electrons. The first-order chi connectivity index (χ1) is 19.8. The molecule has 2 aliphatic rings. The first-order valence-electron chi connectivity index (χ1n) is 14.3. The summed E-state index contributed by atoms with van der Waals surface area (Å²) in [6.45, 7) is 6.66. The third kappa shape index (κ3) is 6.44. The van der Waals surface area contributed by atoms with Crippen LogP contribution in [0.5, 0.6) is 5.88 Å². The van der Waals surface area contributed by atoms with Crippen LogP contribution in [0.4, 0.5) is 5.95 Å². The van der Waals surface area contributed by atoms with E-state index < -0.39 is 10.0 Å². The van der Waals surface area contributed by atoms with Gasteiger partial charge in [0.2, 0.25) is 11.8 Å². The summed E-state index contributed by atoms with van der Waals surface area (Å²) in [5, 5.41) is 0. The van der Waals surface area contributed by atoms with Crippen molar-refractivity contribution in [3.8, 4) is 17.1 Å². The highest BCUT2D eigenvalue weighted by molar-refractivity contribution is 7.92. The van der Waals surface area contributed by atoms with Gasteiger partial charge in [0, 0.05) is 24.7 Å². The Balaban J connectivity index is 1.43. The molecule has 7 nitrogen and oxygen atoms in total. The smallest absolute Gasteiger partial charge is 0.264 e. The van der Waals surface area contributed by atoms with E-state index >= 15 is 0 Å². The molecule has 212 valence electrons. The lowest BCUT2D eigenvalue weighted by molar-refractivity contribution is 0.0845. The van der Waals surface area contributed by atoms with Gasteiger partial charge in [-0.05, 0) is 86.4 Å². The largest absolute Gasteiger partial charge is 0.473 e. The van der Waals surface area contributed by atoms with Gasteiger partial charge >= 0.3 is 0 Å². The summed E-state index contributed by atoms with van der Waals surface area (Å²) in [5.74, 6) is 0.753. The number of fused-ring (bicyclic) bond motifs is 6. The third-order valence-electron chi connectivity index (χ3n) is 8.08. The number of ether oxygens (including phenoxy) is 1. The lowest BCUT2D eigenvalue weighted by Gasteiger charge is -2.33. The monoisotopic (exact) mass is 568 g/mol. The second-order valence-electron chi connectivity index (χ2n) is 11.3. The molecular formula is C33H36N4O3S. The maximum atomic E-state index is 13.5. The van der Waals surface area contributed by atoms with Gasteiger partial charge < -0.3 is 4.74 Å². The molecule has 1 fully saturated rings. The molecule has 3 heterocycles. The van der Waals surface area contributed by atoms with Gasteiger partial charge in [-0.1, -0.05) is 60.7 Å². The average Bonchev–Trinajstić information content (AvgIpc) is 2.92. The topological polar surface area (TPSA) is 84.4 Å². The predicted molar refractivity (Wildman–Crippen MR) is 161 cm³/mol. The van der Waals surface area contributed by atoms with Gasteiger partial charge in [-0.3, -0.25) is 4.90 Å². The maximum absolute atomic E-state index is 13.5. The number of rotatable bonds is 3. The standard InChI is InChI=1S/C33H36N4O3S/c1-23-9-6-10-24(2)32(23)30-20-31-35-33(34-30)36-41(38,39)29-15-7-13-27(19-29)17-26-14-8-16-37(22-28(18-26)40-31)21-25-11-4-3-5-12-25/h3-7,9-13,15,19-20,26,28H,8,14,16-18,21-22H2,1-2H3,(H,34,35,36). The minimum absolute atomic E-state index is 0.00772. The number of hydrogen-bond acceptors (Lipinski definition) is 6. The van der Waals surface area contributed by atoms with Crippen molar-refractivity contribution in [3.05, 3.63) is 101 Å². The van der Waals surface area contributed by atoms with Crippen molar-refractivity contribution in [2.24, 2.45) is 5.92 Å². The van der Waals surface area contributed by atoms with Crippen molar-refractivity contribution in [1.82, 2.24) is 14.9 Å². The number of nitrogens with zero attached hydrogens (tertiary/aromatic N) is 3. The van der Waals surface area contributed by atoms with Gasteiger partial charge in [-0.15, -0.1) is 0 Å². The van der Waals surface area contributed by atoms with Gasteiger partial charge in [0.25, 0.3) is 10.0 Å². The Morgan fingerprint density at radius 3 is 2.54 bits per heavy atom. The number of benzene rings is 3. The molecule has 4 aromatic rings. The van der Waals surface area contributed by atoms with Crippen LogP contribution in [-0.2, 0) is 23.0 Å². The Morgan fingerprint density at radius 2 is 1.73 bits per heavy atom. The van der Waals surface area contributed by atoms with Crippen molar-refractivity contribution >= 4 is 16.0 Å². The fraction of sp³-hybridized carbons (Fsp3) is 0.333. The summed E-state index contributed by atoms with van der Waals surface area (Å²) < 4.78 is 36.3. The fourth-order valence-corrected chi connectivity index (χ4v) is 7.22. The molecule has 2 unspecified atom stereocenters. The molecule has 0 spiro atoms. The summed E-state index contributed by atoms with van der Waals surface area (Å²) in [5.41, 5.74) is 5.98. The number of aryl methyl sites for hydroxylation is 2. The Bertz CT molecular complexity index is 1620. The van der Waals surface area contributed by atoms with Crippen LogP contribution in [0.2, 0.25) is 0 Å². The fourth-order valence-electron chi connectivity index (χ4n) is 6.20. The van der Waals surface area contributed by atoms with E-state index in [1.54, 1.807) is 12.1 Å². The number of aromatic nitrogens is 2. The maximum Gasteiger partial charge on any atom is 0.264 e. The first kappa shape index (κ1) is 27.4. The minimum atomic E-state index is -3.90. The zero-order valence-electron chi connectivity index (χ0n) is 23.6. The van der Waals surface area contributed by atoms with Gasteiger partial charge in [-0.2, -0.15) is 4.98 Å². The van der Waals surface area contributed by atoms with Crippen LogP contribution in [0.25, 0.3) is 11.3 Å². The lowest BCUT2D eigenvalue weighted by Crippen LogP contribution is -2.39. The van der Waals surface area contributed by atoms with Crippen LogP contribution in [0.15, 0.2) is 83.8 Å². The average molecular weight is 569 g/mol. The Morgan fingerprint density at radius 1 is 0.951 bits per heavy atom. The van der Waals surface area contributed by atoms with E-state index in [0.717, 1.165) is 67.6 Å². The number of anilines is 1. The van der Waals surface area contributed by atoms with Crippen LogP contribution in [0.1, 0.15) is 41.5 Å². The van der Waals surface area contributed by atoms with Gasteiger partial charge in [0.1, 0.15) is 6.10 Å². The molecule has 6 rings (SSSR count). The number of sulfonamides is 1. The Labute approximate surface area is 242 Å². The second-order valence-corrected chi connectivity index (χ2v) is 13.0. The van der Waals surface area contributed by atoms with Gasteiger partial charge in [-0.25, -0.2) is 18.1 Å². The molecular weight excluding hydrogens is 532 g/mol. The van der Waals surface area contributed by atoms with Crippen molar-refractivity contribution in [3.63, 3.8) is 0 Å². The Hall–Kier alpha value is -3.75. The molecule has 0 saturated carbocycles. The Kier molecular flexibility index (Phi) is 7.77. The van der Waals surface area contributed by atoms with Crippen LogP contribution in [0.3, 0.4) is 0 Å². The summed E-state index contributed by atoms with van der Waals surface area (Å²) in [6, 6.07) is 25.7. The molecule has 41 heavy (non-hydrogen) atoms. The highest BCUT2D eigenvalue weighted by Crippen LogP contribution is 2.32.